The maximum Gasteiger partial charge on any atom is 0.230 e. The van der Waals surface area contributed by atoms with Crippen LogP contribution in [0.25, 0.3) is 11.4 Å². The number of ether oxygens (including phenoxy) is 2. The molecule has 0 radical (unpaired) electrons. The van der Waals surface area contributed by atoms with Crippen LogP contribution < -0.4 is 10.1 Å². The Morgan fingerprint density at radius 2 is 2.03 bits per heavy atom. The molecule has 3 aromatic rings. The number of nitrogens with zero attached hydrogens (tertiary/aromatic N) is 4. The van der Waals surface area contributed by atoms with Crippen LogP contribution in [0, 0.1) is 0 Å². The highest BCUT2D eigenvalue weighted by Crippen LogP contribution is 2.27. The summed E-state index contributed by atoms with van der Waals surface area (Å²) < 4.78 is 18.3. The van der Waals surface area contributed by atoms with Gasteiger partial charge in [-0.05, 0) is 38.1 Å². The van der Waals surface area contributed by atoms with Crippen molar-refractivity contribution in [3.05, 3.63) is 48.4 Å². The van der Waals surface area contributed by atoms with Crippen LogP contribution in [0.4, 0.5) is 0 Å². The molecule has 1 amide bonds. The van der Waals surface area contributed by atoms with Crippen molar-refractivity contribution in [2.45, 2.75) is 31.1 Å². The van der Waals surface area contributed by atoms with Gasteiger partial charge in [-0.25, -0.2) is 0 Å². The van der Waals surface area contributed by atoms with Gasteiger partial charge in [0.1, 0.15) is 11.5 Å². The van der Waals surface area contributed by atoms with E-state index < -0.39 is 0 Å². The fourth-order valence-corrected chi connectivity index (χ4v) is 4.62. The van der Waals surface area contributed by atoms with Crippen LogP contribution in [0.1, 0.15) is 19.6 Å². The summed E-state index contributed by atoms with van der Waals surface area (Å²) in [5.41, 5.74) is 0.741. The van der Waals surface area contributed by atoms with Gasteiger partial charge in [-0.3, -0.25) is 14.3 Å². The predicted octanol–water partition coefficient (Wildman–Crippen LogP) is 2.91. The highest BCUT2D eigenvalue weighted by molar-refractivity contribution is 7.99. The number of nitrogens with one attached hydrogen (secondary N) is 1. The van der Waals surface area contributed by atoms with Gasteiger partial charge < -0.3 is 19.2 Å². The van der Waals surface area contributed by atoms with Gasteiger partial charge in [-0.1, -0.05) is 23.9 Å². The molecule has 182 valence electrons. The van der Waals surface area contributed by atoms with E-state index in [1.54, 1.807) is 13.4 Å². The van der Waals surface area contributed by atoms with Crippen molar-refractivity contribution in [3.8, 4) is 17.1 Å². The number of furan rings is 1. The molecule has 0 spiro atoms. The molecule has 1 aromatic carbocycles. The summed E-state index contributed by atoms with van der Waals surface area (Å²) in [6, 6.07) is 11.4. The molecule has 1 aliphatic rings. The lowest BCUT2D eigenvalue weighted by molar-refractivity contribution is -0.119. The van der Waals surface area contributed by atoms with Crippen LogP contribution >= 0.6 is 11.8 Å². The number of hydrogen-bond acceptors (Lipinski definition) is 8. The number of aromatic nitrogens is 3. The van der Waals surface area contributed by atoms with E-state index in [0.29, 0.717) is 24.1 Å². The molecule has 10 heteroatoms. The van der Waals surface area contributed by atoms with E-state index in [1.807, 2.05) is 41.0 Å². The van der Waals surface area contributed by atoms with Crippen LogP contribution in [-0.2, 0) is 16.1 Å². The molecule has 4 rings (SSSR count). The molecule has 1 N–H and O–H groups in total. The molecule has 0 bridgehead atoms. The second kappa shape index (κ2) is 11.1. The normalized spacial score (nSPS) is 14.8. The maximum atomic E-state index is 12.7. The van der Waals surface area contributed by atoms with Crippen LogP contribution in [0.2, 0.25) is 0 Å². The number of morpholine rings is 1. The Morgan fingerprint density at radius 1 is 1.21 bits per heavy atom. The average molecular weight is 486 g/mol. The van der Waals surface area contributed by atoms with Gasteiger partial charge in [0.25, 0.3) is 0 Å². The zero-order valence-electron chi connectivity index (χ0n) is 19.8. The zero-order chi connectivity index (χ0) is 24.0. The Labute approximate surface area is 203 Å². The maximum absolute atomic E-state index is 12.7. The quantitative estimate of drug-likeness (QED) is 0.438. The van der Waals surface area contributed by atoms with Crippen LogP contribution in [-0.4, -0.2) is 76.8 Å². The van der Waals surface area contributed by atoms with Crippen molar-refractivity contribution in [1.29, 1.82) is 0 Å². The number of hydrogen-bond donors (Lipinski definition) is 1. The first-order valence-corrected chi connectivity index (χ1v) is 12.3. The molecule has 0 aliphatic carbocycles. The first-order valence-electron chi connectivity index (χ1n) is 11.3. The molecule has 0 saturated carbocycles. The fraction of sp³-hybridized carbons (Fsp3) is 0.458. The van der Waals surface area contributed by atoms with E-state index in [1.165, 1.54) is 11.8 Å². The third kappa shape index (κ3) is 5.99. The summed E-state index contributed by atoms with van der Waals surface area (Å²) in [5, 5.41) is 12.5. The van der Waals surface area contributed by atoms with Crippen LogP contribution in [0.3, 0.4) is 0 Å². The van der Waals surface area contributed by atoms with E-state index in [2.05, 4.69) is 34.3 Å². The van der Waals surface area contributed by atoms with Crippen LogP contribution in [0.15, 0.2) is 52.2 Å². The minimum Gasteiger partial charge on any atom is -0.497 e. The number of benzene rings is 1. The topological polar surface area (TPSA) is 94.6 Å². The first kappa shape index (κ1) is 24.3. The summed E-state index contributed by atoms with van der Waals surface area (Å²) in [7, 11) is 1.63. The van der Waals surface area contributed by atoms with Gasteiger partial charge in [0.05, 0.1) is 38.9 Å². The monoisotopic (exact) mass is 485 g/mol. The molecular formula is C24H31N5O4S. The molecule has 9 nitrogen and oxygen atoms in total. The molecule has 1 fully saturated rings. The Kier molecular flexibility index (Phi) is 7.91. The van der Waals surface area contributed by atoms with Crippen LogP contribution in [0.5, 0.6) is 5.75 Å². The zero-order valence-corrected chi connectivity index (χ0v) is 20.6. The molecule has 0 unspecified atom stereocenters. The lowest BCUT2D eigenvalue weighted by Gasteiger charge is -2.40. The highest BCUT2D eigenvalue weighted by Gasteiger charge is 2.28. The highest BCUT2D eigenvalue weighted by atomic mass is 32.2. The summed E-state index contributed by atoms with van der Waals surface area (Å²) >= 11 is 1.36. The Balaban J connectivity index is 1.43. The third-order valence-electron chi connectivity index (χ3n) is 5.86. The van der Waals surface area contributed by atoms with Gasteiger partial charge in [0.2, 0.25) is 5.91 Å². The van der Waals surface area contributed by atoms with Crippen molar-refractivity contribution in [3.63, 3.8) is 0 Å². The van der Waals surface area contributed by atoms with E-state index in [4.69, 9.17) is 13.9 Å². The van der Waals surface area contributed by atoms with E-state index in [0.717, 1.165) is 43.4 Å². The SMILES string of the molecule is COc1cccc(-c2nnc(SCC(=O)NCC(C)(C)N3CCOCC3)n2Cc2ccco2)c1. The van der Waals surface area contributed by atoms with Crippen molar-refractivity contribution < 1.29 is 18.7 Å². The largest absolute Gasteiger partial charge is 0.497 e. The number of carbonyl (C=O) groups excluding carboxylic acids is 1. The van der Waals surface area contributed by atoms with E-state index in [-0.39, 0.29) is 17.2 Å². The lowest BCUT2D eigenvalue weighted by Crippen LogP contribution is -2.55. The lowest BCUT2D eigenvalue weighted by atomic mass is 10.0. The van der Waals surface area contributed by atoms with Gasteiger partial charge in [-0.2, -0.15) is 0 Å². The second-order valence-electron chi connectivity index (χ2n) is 8.68. The standard InChI is InChI=1S/C24H31N5O4S/c1-24(2,28-9-12-32-13-10-28)17-25-21(30)16-34-23-27-26-22(18-6-4-7-19(14-18)31-3)29(23)15-20-8-5-11-33-20/h4-8,11,14H,9-10,12-13,15-17H2,1-3H3,(H,25,30). The molecule has 0 atom stereocenters. The smallest absolute Gasteiger partial charge is 0.230 e. The molecular weight excluding hydrogens is 454 g/mol. The molecule has 34 heavy (non-hydrogen) atoms. The Bertz CT molecular complexity index is 1080. The van der Waals surface area contributed by atoms with Crippen molar-refractivity contribution in [2.75, 3.05) is 45.7 Å². The minimum absolute atomic E-state index is 0.0400. The Hall–Kier alpha value is -2.82. The number of methoxy groups -OCH3 is 1. The molecule has 1 aliphatic heterocycles. The molecule has 1 saturated heterocycles. The fourth-order valence-electron chi connectivity index (χ4n) is 3.85. The molecule has 2 aromatic heterocycles. The van der Waals surface area contributed by atoms with Gasteiger partial charge in [-0.15, -0.1) is 10.2 Å². The minimum atomic E-state index is -0.136. The number of carbonyl (C=O) groups is 1. The van der Waals surface area contributed by atoms with E-state index in [9.17, 15) is 4.79 Å². The first-order chi connectivity index (χ1) is 16.5. The van der Waals surface area contributed by atoms with E-state index >= 15 is 0 Å². The van der Waals surface area contributed by atoms with Crippen molar-refractivity contribution >= 4 is 17.7 Å². The van der Waals surface area contributed by atoms with Gasteiger partial charge in [0.15, 0.2) is 11.0 Å². The van der Waals surface area contributed by atoms with Gasteiger partial charge in [0, 0.05) is 30.7 Å². The summed E-state index contributed by atoms with van der Waals surface area (Å²) in [6.45, 7) is 8.53. The Morgan fingerprint density at radius 3 is 2.76 bits per heavy atom. The summed E-state index contributed by atoms with van der Waals surface area (Å²) in [4.78, 5) is 15.0. The van der Waals surface area contributed by atoms with Crippen molar-refractivity contribution in [2.24, 2.45) is 0 Å². The summed E-state index contributed by atoms with van der Waals surface area (Å²) in [6.07, 6.45) is 1.64. The van der Waals surface area contributed by atoms with Gasteiger partial charge >= 0.3 is 0 Å². The third-order valence-corrected chi connectivity index (χ3v) is 6.82. The average Bonchev–Trinajstić information content (AvgIpc) is 3.52. The number of amides is 1. The molecule has 3 heterocycles. The predicted molar refractivity (Wildman–Crippen MR) is 130 cm³/mol. The number of rotatable bonds is 10. The second-order valence-corrected chi connectivity index (χ2v) is 9.62. The summed E-state index contributed by atoms with van der Waals surface area (Å²) in [5.74, 6) is 2.41. The number of thioether (sulfide) groups is 1. The van der Waals surface area contributed by atoms with Crippen molar-refractivity contribution in [1.82, 2.24) is 25.0 Å².